The number of carbonyl (C=O) groups excluding carboxylic acids is 1. The topological polar surface area (TPSA) is 96.2 Å². The van der Waals surface area contributed by atoms with Crippen LogP contribution in [0.3, 0.4) is 0 Å². The summed E-state index contributed by atoms with van der Waals surface area (Å²) in [6.45, 7) is 3.91. The predicted molar refractivity (Wildman–Crippen MR) is 138 cm³/mol. The van der Waals surface area contributed by atoms with E-state index in [1.807, 2.05) is 44.2 Å². The molecule has 0 atom stereocenters. The van der Waals surface area contributed by atoms with Gasteiger partial charge in [-0.05, 0) is 44.4 Å². The maximum Gasteiger partial charge on any atom is 0.336 e. The van der Waals surface area contributed by atoms with Gasteiger partial charge in [-0.3, -0.25) is 4.79 Å². The Morgan fingerprint density at radius 2 is 1.81 bits per heavy atom. The Bertz CT molecular complexity index is 1570. The third kappa shape index (κ3) is 4.46. The molecule has 0 spiro atoms. The van der Waals surface area contributed by atoms with E-state index in [1.54, 1.807) is 24.3 Å². The van der Waals surface area contributed by atoms with Gasteiger partial charge < -0.3 is 28.7 Å². The molecular formula is C29H25NO7. The molecule has 188 valence electrons. The van der Waals surface area contributed by atoms with Crippen molar-refractivity contribution < 1.29 is 28.2 Å². The molecule has 0 unspecified atom stereocenters. The van der Waals surface area contributed by atoms with Crippen LogP contribution in [0.15, 0.2) is 69.9 Å². The second-order valence-electron chi connectivity index (χ2n) is 9.67. The Hall–Kier alpha value is -4.46. The predicted octanol–water partition coefficient (Wildman–Crippen LogP) is 5.31. The van der Waals surface area contributed by atoms with E-state index in [1.165, 1.54) is 6.07 Å². The van der Waals surface area contributed by atoms with Crippen LogP contribution in [0.5, 0.6) is 23.0 Å². The van der Waals surface area contributed by atoms with Gasteiger partial charge in [-0.2, -0.15) is 0 Å². The Morgan fingerprint density at radius 3 is 2.65 bits per heavy atom. The van der Waals surface area contributed by atoms with E-state index < -0.39 is 5.63 Å². The third-order valence-corrected chi connectivity index (χ3v) is 6.50. The number of nitrogens with one attached hydrogen (secondary N) is 1. The maximum absolute atomic E-state index is 12.8. The molecule has 0 aliphatic carbocycles. The number of amides is 1. The van der Waals surface area contributed by atoms with Crippen molar-refractivity contribution in [2.24, 2.45) is 0 Å². The fraction of sp³-hybridized carbons (Fsp3) is 0.241. The monoisotopic (exact) mass is 499 g/mol. The van der Waals surface area contributed by atoms with Crippen molar-refractivity contribution in [3.63, 3.8) is 0 Å². The van der Waals surface area contributed by atoms with Gasteiger partial charge in [0.05, 0.1) is 5.39 Å². The average Bonchev–Trinajstić information content (AvgIpc) is 3.34. The molecule has 6 rings (SSSR count). The Kier molecular flexibility index (Phi) is 5.52. The third-order valence-electron chi connectivity index (χ3n) is 6.50. The summed E-state index contributed by atoms with van der Waals surface area (Å²) in [5.41, 5.74) is 2.47. The number of benzene rings is 3. The van der Waals surface area contributed by atoms with Crippen LogP contribution in [0.4, 0.5) is 5.69 Å². The summed E-state index contributed by atoms with van der Waals surface area (Å²) >= 11 is 0. The fourth-order valence-corrected chi connectivity index (χ4v) is 4.72. The van der Waals surface area contributed by atoms with E-state index in [0.717, 1.165) is 17.5 Å². The van der Waals surface area contributed by atoms with Crippen LogP contribution in [0.25, 0.3) is 22.1 Å². The highest BCUT2D eigenvalue weighted by atomic mass is 16.7. The van der Waals surface area contributed by atoms with Gasteiger partial charge in [0, 0.05) is 35.0 Å². The number of aryl methyl sites for hydroxylation is 1. The van der Waals surface area contributed by atoms with Crippen LogP contribution in [0, 0.1) is 0 Å². The molecule has 0 fully saturated rings. The highest BCUT2D eigenvalue weighted by Gasteiger charge is 2.31. The molecule has 0 bridgehead atoms. The SMILES string of the molecule is CC1(C)CCc2c(cc(OCC(=O)Nc3ccc4c(c3)OCO4)c3c(-c4ccccc4)cc(=O)oc23)O1. The number of rotatable bonds is 5. The molecular weight excluding hydrogens is 474 g/mol. The summed E-state index contributed by atoms with van der Waals surface area (Å²) in [6, 6.07) is 18.0. The number of carbonyl (C=O) groups is 1. The van der Waals surface area contributed by atoms with Crippen molar-refractivity contribution in [1.29, 1.82) is 0 Å². The zero-order chi connectivity index (χ0) is 25.6. The van der Waals surface area contributed by atoms with Gasteiger partial charge in [0.1, 0.15) is 22.7 Å². The molecule has 1 amide bonds. The van der Waals surface area contributed by atoms with Crippen molar-refractivity contribution in [1.82, 2.24) is 0 Å². The number of fused-ring (bicyclic) bond motifs is 4. The first kappa shape index (κ1) is 23.0. The quantitative estimate of drug-likeness (QED) is 0.372. The van der Waals surface area contributed by atoms with E-state index in [2.05, 4.69) is 5.32 Å². The fourth-order valence-electron chi connectivity index (χ4n) is 4.72. The molecule has 0 saturated carbocycles. The highest BCUT2D eigenvalue weighted by Crippen LogP contribution is 2.44. The Morgan fingerprint density at radius 1 is 1.00 bits per heavy atom. The number of ether oxygens (including phenoxy) is 4. The number of hydrogen-bond acceptors (Lipinski definition) is 7. The van der Waals surface area contributed by atoms with Crippen molar-refractivity contribution in [2.45, 2.75) is 32.3 Å². The summed E-state index contributed by atoms with van der Waals surface area (Å²) in [4.78, 5) is 25.4. The van der Waals surface area contributed by atoms with E-state index in [0.29, 0.717) is 51.6 Å². The maximum atomic E-state index is 12.8. The summed E-state index contributed by atoms with van der Waals surface area (Å²) in [5, 5.41) is 3.45. The minimum atomic E-state index is -0.462. The summed E-state index contributed by atoms with van der Waals surface area (Å²) in [6.07, 6.45) is 1.46. The molecule has 1 aromatic heterocycles. The molecule has 0 radical (unpaired) electrons. The minimum absolute atomic E-state index is 0.153. The Labute approximate surface area is 212 Å². The standard InChI is InChI=1S/C29H25NO7/c1-29(2)11-10-19-22(37-29)14-24(27-20(13-26(32)36-28(19)27)17-6-4-3-5-7-17)33-15-25(31)30-18-8-9-21-23(12-18)35-16-34-21/h3-9,12-14H,10-11,15-16H2,1-2H3,(H,30,31). The van der Waals surface area contributed by atoms with Crippen LogP contribution < -0.4 is 29.9 Å². The molecule has 1 N–H and O–H groups in total. The lowest BCUT2D eigenvalue weighted by Crippen LogP contribution is -2.32. The molecule has 0 saturated heterocycles. The molecule has 3 aromatic carbocycles. The second-order valence-corrected chi connectivity index (χ2v) is 9.67. The summed E-state index contributed by atoms with van der Waals surface area (Å²) < 4.78 is 28.7. The van der Waals surface area contributed by atoms with E-state index in [-0.39, 0.29) is 24.9 Å². The average molecular weight is 500 g/mol. The molecule has 8 heteroatoms. The summed E-state index contributed by atoms with van der Waals surface area (Å²) in [5.74, 6) is 1.83. The molecule has 3 heterocycles. The largest absolute Gasteiger partial charge is 0.487 e. The smallest absolute Gasteiger partial charge is 0.336 e. The van der Waals surface area contributed by atoms with Crippen molar-refractivity contribution >= 4 is 22.6 Å². The molecule has 2 aliphatic rings. The van der Waals surface area contributed by atoms with E-state index in [4.69, 9.17) is 23.4 Å². The zero-order valence-corrected chi connectivity index (χ0v) is 20.5. The van der Waals surface area contributed by atoms with Crippen LogP contribution in [0.1, 0.15) is 25.8 Å². The second kappa shape index (κ2) is 8.89. The van der Waals surface area contributed by atoms with Gasteiger partial charge in [-0.25, -0.2) is 4.79 Å². The first-order valence-corrected chi connectivity index (χ1v) is 12.1. The van der Waals surface area contributed by atoms with Gasteiger partial charge in [0.15, 0.2) is 18.1 Å². The molecule has 37 heavy (non-hydrogen) atoms. The number of hydrogen-bond donors (Lipinski definition) is 1. The lowest BCUT2D eigenvalue weighted by atomic mass is 9.91. The Balaban J connectivity index is 1.38. The normalized spacial score (nSPS) is 15.1. The number of anilines is 1. The first-order chi connectivity index (χ1) is 17.9. The van der Waals surface area contributed by atoms with Crippen LogP contribution >= 0.6 is 0 Å². The van der Waals surface area contributed by atoms with Gasteiger partial charge in [0.2, 0.25) is 6.79 Å². The van der Waals surface area contributed by atoms with E-state index >= 15 is 0 Å². The molecule has 2 aliphatic heterocycles. The minimum Gasteiger partial charge on any atom is -0.487 e. The lowest BCUT2D eigenvalue weighted by molar-refractivity contribution is -0.118. The first-order valence-electron chi connectivity index (χ1n) is 12.1. The van der Waals surface area contributed by atoms with Crippen molar-refractivity contribution in [3.8, 4) is 34.1 Å². The van der Waals surface area contributed by atoms with Gasteiger partial charge >= 0.3 is 5.63 Å². The van der Waals surface area contributed by atoms with Crippen LogP contribution in [0.2, 0.25) is 0 Å². The van der Waals surface area contributed by atoms with Crippen LogP contribution in [-0.4, -0.2) is 24.9 Å². The zero-order valence-electron chi connectivity index (χ0n) is 20.5. The highest BCUT2D eigenvalue weighted by molar-refractivity contribution is 6.01. The van der Waals surface area contributed by atoms with Crippen LogP contribution in [-0.2, 0) is 11.2 Å². The van der Waals surface area contributed by atoms with Crippen molar-refractivity contribution in [2.75, 3.05) is 18.7 Å². The van der Waals surface area contributed by atoms with E-state index in [9.17, 15) is 9.59 Å². The van der Waals surface area contributed by atoms with Gasteiger partial charge in [-0.15, -0.1) is 0 Å². The molecule has 8 nitrogen and oxygen atoms in total. The molecule has 4 aromatic rings. The lowest BCUT2D eigenvalue weighted by Gasteiger charge is -2.33. The van der Waals surface area contributed by atoms with Crippen molar-refractivity contribution in [3.05, 3.63) is 76.6 Å². The summed E-state index contributed by atoms with van der Waals surface area (Å²) in [7, 11) is 0. The van der Waals surface area contributed by atoms with Gasteiger partial charge in [-0.1, -0.05) is 30.3 Å². The van der Waals surface area contributed by atoms with Gasteiger partial charge in [0.25, 0.3) is 5.91 Å².